The Morgan fingerprint density at radius 3 is 2.71 bits per heavy atom. The summed E-state index contributed by atoms with van der Waals surface area (Å²) in [5.41, 5.74) is 0. The lowest BCUT2D eigenvalue weighted by atomic mass is 9.99. The van der Waals surface area contributed by atoms with Gasteiger partial charge in [0.25, 0.3) is 0 Å². The van der Waals surface area contributed by atoms with Crippen molar-refractivity contribution in [1.82, 2.24) is 5.32 Å². The monoisotopic (exact) mass is 201 g/mol. The minimum atomic E-state index is 0.137. The summed E-state index contributed by atoms with van der Waals surface area (Å²) in [6.07, 6.45) is 3.29. The molecule has 0 aromatic heterocycles. The first kappa shape index (κ1) is 11.5. The molecule has 0 aromatic rings. The van der Waals surface area contributed by atoms with Gasteiger partial charge in [0.15, 0.2) is 0 Å². The van der Waals surface area contributed by atoms with Crippen LogP contribution in [0.4, 0.5) is 0 Å². The zero-order valence-electron chi connectivity index (χ0n) is 8.50. The van der Waals surface area contributed by atoms with Gasteiger partial charge in [0.1, 0.15) is 0 Å². The molecule has 0 saturated carbocycles. The zero-order chi connectivity index (χ0) is 10.2. The van der Waals surface area contributed by atoms with Crippen LogP contribution < -0.4 is 5.32 Å². The van der Waals surface area contributed by atoms with Gasteiger partial charge in [-0.1, -0.05) is 0 Å². The molecular formula is C10H19NO3. The summed E-state index contributed by atoms with van der Waals surface area (Å²) >= 11 is 0. The smallest absolute Gasteiger partial charge is 0.223 e. The van der Waals surface area contributed by atoms with Crippen molar-refractivity contribution < 1.29 is 14.6 Å². The van der Waals surface area contributed by atoms with E-state index in [1.807, 2.05) is 0 Å². The second-order valence-corrected chi connectivity index (χ2v) is 3.61. The lowest BCUT2D eigenvalue weighted by Crippen LogP contribution is -2.34. The van der Waals surface area contributed by atoms with Crippen LogP contribution in [-0.2, 0) is 9.53 Å². The van der Waals surface area contributed by atoms with Crippen LogP contribution >= 0.6 is 0 Å². The van der Waals surface area contributed by atoms with Crippen LogP contribution in [0.2, 0.25) is 0 Å². The average Bonchev–Trinajstić information content (AvgIpc) is 2.25. The minimum absolute atomic E-state index is 0.137. The van der Waals surface area contributed by atoms with Crippen molar-refractivity contribution in [3.8, 4) is 0 Å². The summed E-state index contributed by atoms with van der Waals surface area (Å²) in [6, 6.07) is 0. The Morgan fingerprint density at radius 1 is 1.36 bits per heavy atom. The minimum Gasteiger partial charge on any atom is -0.396 e. The molecular weight excluding hydrogens is 182 g/mol. The largest absolute Gasteiger partial charge is 0.396 e. The molecule has 4 nitrogen and oxygen atoms in total. The van der Waals surface area contributed by atoms with Crippen molar-refractivity contribution in [2.24, 2.45) is 5.92 Å². The van der Waals surface area contributed by atoms with Crippen molar-refractivity contribution in [2.45, 2.75) is 25.7 Å². The molecule has 2 N–H and O–H groups in total. The molecule has 1 amide bonds. The first-order valence-corrected chi connectivity index (χ1v) is 5.31. The summed E-state index contributed by atoms with van der Waals surface area (Å²) < 4.78 is 5.18. The molecule has 1 heterocycles. The van der Waals surface area contributed by atoms with E-state index in [9.17, 15) is 4.79 Å². The second-order valence-electron chi connectivity index (χ2n) is 3.61. The van der Waals surface area contributed by atoms with Crippen LogP contribution in [0.15, 0.2) is 0 Å². The van der Waals surface area contributed by atoms with Gasteiger partial charge >= 0.3 is 0 Å². The maximum Gasteiger partial charge on any atom is 0.223 e. The number of aliphatic hydroxyl groups is 1. The molecule has 82 valence electrons. The maximum atomic E-state index is 11.5. The average molecular weight is 201 g/mol. The van der Waals surface area contributed by atoms with E-state index in [0.717, 1.165) is 25.7 Å². The fourth-order valence-corrected chi connectivity index (χ4v) is 1.55. The fraction of sp³-hybridized carbons (Fsp3) is 0.900. The Kier molecular flexibility index (Phi) is 5.56. The van der Waals surface area contributed by atoms with Crippen molar-refractivity contribution in [2.75, 3.05) is 26.4 Å². The maximum absolute atomic E-state index is 11.5. The Bertz CT molecular complexity index is 167. The molecule has 1 fully saturated rings. The summed E-state index contributed by atoms with van der Waals surface area (Å²) in [5.74, 6) is 0.282. The number of aliphatic hydroxyl groups excluding tert-OH is 1. The van der Waals surface area contributed by atoms with E-state index in [4.69, 9.17) is 9.84 Å². The second kappa shape index (κ2) is 6.79. The van der Waals surface area contributed by atoms with Gasteiger partial charge in [0.2, 0.25) is 5.91 Å². The number of ether oxygens (including phenoxy) is 1. The van der Waals surface area contributed by atoms with Crippen molar-refractivity contribution in [1.29, 1.82) is 0 Å². The summed E-state index contributed by atoms with van der Waals surface area (Å²) in [7, 11) is 0. The van der Waals surface area contributed by atoms with E-state index >= 15 is 0 Å². The van der Waals surface area contributed by atoms with E-state index in [0.29, 0.717) is 19.8 Å². The third-order valence-electron chi connectivity index (χ3n) is 2.48. The van der Waals surface area contributed by atoms with Gasteiger partial charge in [-0.05, 0) is 25.7 Å². The highest BCUT2D eigenvalue weighted by Crippen LogP contribution is 2.14. The molecule has 4 heteroatoms. The number of unbranched alkanes of at least 4 members (excludes halogenated alkanes) is 1. The predicted octanol–water partition coefficient (Wildman–Crippen LogP) is 0.302. The number of rotatable bonds is 5. The van der Waals surface area contributed by atoms with Crippen LogP contribution in [-0.4, -0.2) is 37.4 Å². The Labute approximate surface area is 84.6 Å². The number of nitrogens with one attached hydrogen (secondary N) is 1. The summed E-state index contributed by atoms with van der Waals surface area (Å²) in [6.45, 7) is 2.29. The van der Waals surface area contributed by atoms with E-state index in [1.54, 1.807) is 0 Å². The third-order valence-corrected chi connectivity index (χ3v) is 2.48. The zero-order valence-corrected chi connectivity index (χ0v) is 8.50. The van der Waals surface area contributed by atoms with Crippen molar-refractivity contribution in [3.05, 3.63) is 0 Å². The quantitative estimate of drug-likeness (QED) is 0.629. The number of hydrogen-bond donors (Lipinski definition) is 2. The highest BCUT2D eigenvalue weighted by atomic mass is 16.5. The van der Waals surface area contributed by atoms with Gasteiger partial charge in [0, 0.05) is 32.3 Å². The molecule has 0 atom stereocenters. The normalized spacial score (nSPS) is 18.1. The fourth-order valence-electron chi connectivity index (χ4n) is 1.55. The standard InChI is InChI=1S/C10H19NO3/c12-6-2-1-5-11-10(13)9-3-7-14-8-4-9/h9,12H,1-8H2,(H,11,13). The number of carbonyl (C=O) groups excluding carboxylic acids is 1. The molecule has 0 unspecified atom stereocenters. The number of hydrogen-bond acceptors (Lipinski definition) is 3. The summed E-state index contributed by atoms with van der Waals surface area (Å²) in [5, 5.41) is 11.4. The van der Waals surface area contributed by atoms with Crippen molar-refractivity contribution >= 4 is 5.91 Å². The molecule has 0 radical (unpaired) electrons. The molecule has 1 saturated heterocycles. The molecule has 1 rings (SSSR count). The van der Waals surface area contributed by atoms with Gasteiger partial charge in [-0.3, -0.25) is 4.79 Å². The van der Waals surface area contributed by atoms with E-state index in [1.165, 1.54) is 0 Å². The summed E-state index contributed by atoms with van der Waals surface area (Å²) in [4.78, 5) is 11.5. The number of amides is 1. The SMILES string of the molecule is O=C(NCCCCO)C1CCOCC1. The lowest BCUT2D eigenvalue weighted by Gasteiger charge is -2.21. The molecule has 0 aromatic carbocycles. The van der Waals surface area contributed by atoms with E-state index < -0.39 is 0 Å². The van der Waals surface area contributed by atoms with Crippen LogP contribution in [0, 0.1) is 5.92 Å². The van der Waals surface area contributed by atoms with Gasteiger partial charge in [-0.15, -0.1) is 0 Å². The van der Waals surface area contributed by atoms with Gasteiger partial charge in [-0.25, -0.2) is 0 Å². The topological polar surface area (TPSA) is 58.6 Å². The number of carbonyl (C=O) groups is 1. The van der Waals surface area contributed by atoms with Crippen LogP contribution in [0.5, 0.6) is 0 Å². The first-order chi connectivity index (χ1) is 6.84. The highest BCUT2D eigenvalue weighted by Gasteiger charge is 2.20. The third kappa shape index (κ3) is 4.07. The first-order valence-electron chi connectivity index (χ1n) is 5.31. The van der Waals surface area contributed by atoms with Gasteiger partial charge in [0.05, 0.1) is 0 Å². The molecule has 14 heavy (non-hydrogen) atoms. The van der Waals surface area contributed by atoms with Crippen LogP contribution in [0.25, 0.3) is 0 Å². The van der Waals surface area contributed by atoms with E-state index in [-0.39, 0.29) is 18.4 Å². The van der Waals surface area contributed by atoms with Crippen LogP contribution in [0.1, 0.15) is 25.7 Å². The van der Waals surface area contributed by atoms with Crippen LogP contribution in [0.3, 0.4) is 0 Å². The molecule has 1 aliphatic rings. The van der Waals surface area contributed by atoms with Gasteiger partial charge in [-0.2, -0.15) is 0 Å². The highest BCUT2D eigenvalue weighted by molar-refractivity contribution is 5.78. The Balaban J connectivity index is 2.07. The Hall–Kier alpha value is -0.610. The molecule has 0 bridgehead atoms. The van der Waals surface area contributed by atoms with E-state index in [2.05, 4.69) is 5.32 Å². The predicted molar refractivity (Wildman–Crippen MR) is 52.9 cm³/mol. The molecule has 0 aliphatic carbocycles. The van der Waals surface area contributed by atoms with Crippen molar-refractivity contribution in [3.63, 3.8) is 0 Å². The molecule has 0 spiro atoms. The molecule has 1 aliphatic heterocycles. The van der Waals surface area contributed by atoms with Gasteiger partial charge < -0.3 is 15.2 Å². The lowest BCUT2D eigenvalue weighted by molar-refractivity contribution is -0.127. The Morgan fingerprint density at radius 2 is 2.07 bits per heavy atom.